The highest BCUT2D eigenvalue weighted by Crippen LogP contribution is 2.12. The van der Waals surface area contributed by atoms with Crippen LogP contribution in [0, 0.1) is 11.3 Å². The zero-order valence-electron chi connectivity index (χ0n) is 12.2. The minimum atomic E-state index is -0.210. The van der Waals surface area contributed by atoms with Gasteiger partial charge in [0.2, 0.25) is 0 Å². The monoisotopic (exact) mass is 303 g/mol. The van der Waals surface area contributed by atoms with Crippen molar-refractivity contribution in [3.8, 4) is 6.07 Å². The lowest BCUT2D eigenvalue weighted by atomic mass is 10.1. The van der Waals surface area contributed by atoms with Gasteiger partial charge in [0.1, 0.15) is 12.7 Å². The molecule has 112 valence electrons. The number of hydrogen-bond acceptors (Lipinski definition) is 4. The summed E-state index contributed by atoms with van der Waals surface area (Å²) in [4.78, 5) is 16.0. The van der Waals surface area contributed by atoms with Crippen LogP contribution in [0.5, 0.6) is 0 Å². The number of nitrogens with one attached hydrogen (secondary N) is 1. The molecule has 2 aromatic carbocycles. The van der Waals surface area contributed by atoms with Crippen molar-refractivity contribution in [1.82, 2.24) is 14.8 Å². The van der Waals surface area contributed by atoms with Crippen molar-refractivity contribution >= 4 is 11.6 Å². The number of nitriles is 1. The summed E-state index contributed by atoms with van der Waals surface area (Å²) in [6.07, 6.45) is 3.15. The quantitative estimate of drug-likeness (QED) is 0.802. The Labute approximate surface area is 133 Å². The van der Waals surface area contributed by atoms with Crippen LogP contribution in [0.25, 0.3) is 0 Å². The Bertz CT molecular complexity index is 830. The lowest BCUT2D eigenvalue weighted by Gasteiger charge is -2.07. The van der Waals surface area contributed by atoms with Gasteiger partial charge < -0.3 is 5.32 Å². The summed E-state index contributed by atoms with van der Waals surface area (Å²) in [7, 11) is 0. The Morgan fingerprint density at radius 1 is 1.13 bits per heavy atom. The maximum Gasteiger partial charge on any atom is 0.255 e. The highest BCUT2D eigenvalue weighted by Gasteiger charge is 2.06. The second-order valence-electron chi connectivity index (χ2n) is 4.93. The number of aromatic nitrogens is 3. The molecule has 0 atom stereocenters. The number of rotatable bonds is 4. The summed E-state index contributed by atoms with van der Waals surface area (Å²) in [6.45, 7) is 0.629. The summed E-state index contributed by atoms with van der Waals surface area (Å²) < 4.78 is 1.73. The average molecular weight is 303 g/mol. The number of benzene rings is 2. The maximum atomic E-state index is 12.1. The molecular formula is C17H13N5O. The van der Waals surface area contributed by atoms with E-state index >= 15 is 0 Å². The van der Waals surface area contributed by atoms with E-state index in [1.54, 1.807) is 35.3 Å². The molecule has 6 heteroatoms. The molecule has 0 radical (unpaired) electrons. The SMILES string of the molecule is N#Cc1ccc(C(=O)Nc2ccc(Cn3cncn3)cc2)cc1. The van der Waals surface area contributed by atoms with Crippen LogP contribution >= 0.6 is 0 Å². The highest BCUT2D eigenvalue weighted by atomic mass is 16.1. The van der Waals surface area contributed by atoms with Crippen molar-refractivity contribution in [3.63, 3.8) is 0 Å². The predicted octanol–water partition coefficient (Wildman–Crippen LogP) is 2.45. The molecule has 3 aromatic rings. The first-order chi connectivity index (χ1) is 11.2. The minimum absolute atomic E-state index is 0.210. The van der Waals surface area contributed by atoms with Crippen molar-refractivity contribution in [2.45, 2.75) is 6.54 Å². The van der Waals surface area contributed by atoms with E-state index in [4.69, 9.17) is 5.26 Å². The fourth-order valence-corrected chi connectivity index (χ4v) is 2.09. The molecule has 0 aliphatic heterocycles. The molecular weight excluding hydrogens is 290 g/mol. The second kappa shape index (κ2) is 6.54. The van der Waals surface area contributed by atoms with Crippen molar-refractivity contribution in [2.24, 2.45) is 0 Å². The van der Waals surface area contributed by atoms with E-state index in [-0.39, 0.29) is 5.91 Å². The van der Waals surface area contributed by atoms with Crippen LogP contribution in [0.15, 0.2) is 61.2 Å². The van der Waals surface area contributed by atoms with Crippen molar-refractivity contribution in [3.05, 3.63) is 77.9 Å². The van der Waals surface area contributed by atoms with Crippen LogP contribution in [0.2, 0.25) is 0 Å². The first-order valence-corrected chi connectivity index (χ1v) is 6.97. The topological polar surface area (TPSA) is 83.6 Å². The van der Waals surface area contributed by atoms with E-state index in [1.807, 2.05) is 30.3 Å². The van der Waals surface area contributed by atoms with Gasteiger partial charge in [0.15, 0.2) is 0 Å². The Hall–Kier alpha value is -3.46. The molecule has 0 saturated carbocycles. The summed E-state index contributed by atoms with van der Waals surface area (Å²) in [5, 5.41) is 15.6. The van der Waals surface area contributed by atoms with E-state index < -0.39 is 0 Å². The van der Waals surface area contributed by atoms with Gasteiger partial charge in [-0.2, -0.15) is 10.4 Å². The van der Waals surface area contributed by atoms with Crippen LogP contribution in [0.3, 0.4) is 0 Å². The van der Waals surface area contributed by atoms with Gasteiger partial charge in [0, 0.05) is 11.3 Å². The average Bonchev–Trinajstić information content (AvgIpc) is 3.10. The number of carbonyl (C=O) groups is 1. The molecule has 0 bridgehead atoms. The number of hydrogen-bond donors (Lipinski definition) is 1. The van der Waals surface area contributed by atoms with E-state index in [0.717, 1.165) is 5.56 Å². The molecule has 1 N–H and O–H groups in total. The summed E-state index contributed by atoms with van der Waals surface area (Å²) in [6, 6.07) is 16.1. The zero-order chi connectivity index (χ0) is 16.1. The number of carbonyl (C=O) groups excluding carboxylic acids is 1. The summed E-state index contributed by atoms with van der Waals surface area (Å²) in [5.41, 5.74) is 2.81. The molecule has 0 aliphatic carbocycles. The number of anilines is 1. The standard InChI is InChI=1S/C17H13N5O/c18-9-13-1-5-15(6-2-13)17(23)21-16-7-3-14(4-8-16)10-22-12-19-11-20-22/h1-8,11-12H,10H2,(H,21,23). The fourth-order valence-electron chi connectivity index (χ4n) is 2.09. The van der Waals surface area contributed by atoms with Gasteiger partial charge in [-0.05, 0) is 42.0 Å². The van der Waals surface area contributed by atoms with Gasteiger partial charge in [-0.1, -0.05) is 12.1 Å². The molecule has 1 aromatic heterocycles. The Balaban J connectivity index is 1.65. The van der Waals surface area contributed by atoms with E-state index in [2.05, 4.69) is 15.4 Å². The van der Waals surface area contributed by atoms with Gasteiger partial charge in [0.05, 0.1) is 18.2 Å². The smallest absolute Gasteiger partial charge is 0.255 e. The van der Waals surface area contributed by atoms with Crippen molar-refractivity contribution in [2.75, 3.05) is 5.32 Å². The summed E-state index contributed by atoms with van der Waals surface area (Å²) in [5.74, 6) is -0.210. The third kappa shape index (κ3) is 3.60. The van der Waals surface area contributed by atoms with Gasteiger partial charge in [0.25, 0.3) is 5.91 Å². The molecule has 1 amide bonds. The molecule has 1 heterocycles. The first kappa shape index (κ1) is 14.5. The molecule has 0 fully saturated rings. The van der Waals surface area contributed by atoms with Crippen LogP contribution < -0.4 is 5.32 Å². The van der Waals surface area contributed by atoms with E-state index in [1.165, 1.54) is 6.33 Å². The van der Waals surface area contributed by atoms with Gasteiger partial charge in [-0.15, -0.1) is 0 Å². The van der Waals surface area contributed by atoms with Crippen molar-refractivity contribution < 1.29 is 4.79 Å². The lowest BCUT2D eigenvalue weighted by molar-refractivity contribution is 0.102. The Morgan fingerprint density at radius 2 is 1.87 bits per heavy atom. The zero-order valence-corrected chi connectivity index (χ0v) is 12.2. The van der Waals surface area contributed by atoms with Gasteiger partial charge >= 0.3 is 0 Å². The fraction of sp³-hybridized carbons (Fsp3) is 0.0588. The molecule has 6 nitrogen and oxygen atoms in total. The molecule has 23 heavy (non-hydrogen) atoms. The van der Waals surface area contributed by atoms with E-state index in [9.17, 15) is 4.79 Å². The number of amides is 1. The second-order valence-corrected chi connectivity index (χ2v) is 4.93. The van der Waals surface area contributed by atoms with Crippen LogP contribution in [0.1, 0.15) is 21.5 Å². The van der Waals surface area contributed by atoms with Crippen molar-refractivity contribution in [1.29, 1.82) is 5.26 Å². The molecule has 0 unspecified atom stereocenters. The predicted molar refractivity (Wildman–Crippen MR) is 84.7 cm³/mol. The minimum Gasteiger partial charge on any atom is -0.322 e. The largest absolute Gasteiger partial charge is 0.322 e. The van der Waals surface area contributed by atoms with Crippen LogP contribution in [-0.4, -0.2) is 20.7 Å². The molecule has 0 spiro atoms. The third-order valence-corrected chi connectivity index (χ3v) is 3.30. The lowest BCUT2D eigenvalue weighted by Crippen LogP contribution is -2.11. The van der Waals surface area contributed by atoms with Crippen LogP contribution in [0.4, 0.5) is 5.69 Å². The van der Waals surface area contributed by atoms with Gasteiger partial charge in [-0.3, -0.25) is 4.79 Å². The first-order valence-electron chi connectivity index (χ1n) is 6.97. The van der Waals surface area contributed by atoms with Crippen LogP contribution in [-0.2, 0) is 6.54 Å². The maximum absolute atomic E-state index is 12.1. The summed E-state index contributed by atoms with van der Waals surface area (Å²) >= 11 is 0. The molecule has 3 rings (SSSR count). The highest BCUT2D eigenvalue weighted by molar-refractivity contribution is 6.04. The molecule has 0 saturated heterocycles. The normalized spacial score (nSPS) is 10.0. The van der Waals surface area contributed by atoms with Gasteiger partial charge in [-0.25, -0.2) is 9.67 Å². The molecule has 0 aliphatic rings. The third-order valence-electron chi connectivity index (χ3n) is 3.30. The van der Waals surface area contributed by atoms with E-state index in [0.29, 0.717) is 23.4 Å². The number of nitrogens with zero attached hydrogens (tertiary/aromatic N) is 4. The Morgan fingerprint density at radius 3 is 2.48 bits per heavy atom. The Kier molecular flexibility index (Phi) is 4.11.